The molecule has 1 spiro atoms. The van der Waals surface area contributed by atoms with Crippen LogP contribution in [0.15, 0.2) is 48.5 Å². The van der Waals surface area contributed by atoms with Crippen LogP contribution in [0.2, 0.25) is 0 Å². The zero-order valence-corrected chi connectivity index (χ0v) is 15.2. The van der Waals surface area contributed by atoms with Crippen molar-refractivity contribution in [3.63, 3.8) is 0 Å². The molecule has 2 aromatic carbocycles. The highest BCUT2D eigenvalue weighted by Gasteiger charge is 2.43. The molecule has 2 saturated heterocycles. The molecule has 0 atom stereocenters. The summed E-state index contributed by atoms with van der Waals surface area (Å²) in [5.41, 5.74) is 0.561. The van der Waals surface area contributed by atoms with E-state index >= 15 is 0 Å². The van der Waals surface area contributed by atoms with Crippen LogP contribution in [0, 0.1) is 11.6 Å². The maximum absolute atomic E-state index is 13.2. The maximum Gasteiger partial charge on any atom is 0.253 e. The van der Waals surface area contributed by atoms with Crippen molar-refractivity contribution in [1.29, 1.82) is 0 Å². The SMILES string of the molecule is O=C(c1ccc(F)cc1)N1CCC2(CC1)CN(c1ccc(F)cc1)C(=O)CO2. The van der Waals surface area contributed by atoms with E-state index in [0.29, 0.717) is 43.7 Å². The summed E-state index contributed by atoms with van der Waals surface area (Å²) in [5.74, 6) is -1.04. The van der Waals surface area contributed by atoms with Gasteiger partial charge in [-0.25, -0.2) is 8.78 Å². The minimum Gasteiger partial charge on any atom is -0.363 e. The van der Waals surface area contributed by atoms with Crippen molar-refractivity contribution >= 4 is 17.5 Å². The first-order valence-electron chi connectivity index (χ1n) is 9.21. The highest BCUT2D eigenvalue weighted by Crippen LogP contribution is 2.33. The lowest BCUT2D eigenvalue weighted by Crippen LogP contribution is -2.59. The molecule has 2 aliphatic rings. The van der Waals surface area contributed by atoms with E-state index in [2.05, 4.69) is 0 Å². The normalized spacial score (nSPS) is 19.1. The van der Waals surface area contributed by atoms with Gasteiger partial charge in [-0.1, -0.05) is 0 Å². The van der Waals surface area contributed by atoms with Gasteiger partial charge in [0.2, 0.25) is 0 Å². The van der Waals surface area contributed by atoms with Gasteiger partial charge in [0.1, 0.15) is 18.2 Å². The van der Waals surface area contributed by atoms with E-state index in [1.54, 1.807) is 21.9 Å². The van der Waals surface area contributed by atoms with Gasteiger partial charge in [-0.05, 0) is 61.4 Å². The summed E-state index contributed by atoms with van der Waals surface area (Å²) in [7, 11) is 0. The van der Waals surface area contributed by atoms with Crippen LogP contribution < -0.4 is 4.90 Å². The summed E-state index contributed by atoms with van der Waals surface area (Å²) in [4.78, 5) is 28.3. The summed E-state index contributed by atoms with van der Waals surface area (Å²) in [6.07, 6.45) is 1.18. The van der Waals surface area contributed by atoms with Gasteiger partial charge >= 0.3 is 0 Å². The monoisotopic (exact) mass is 386 g/mol. The predicted molar refractivity (Wildman–Crippen MR) is 99.0 cm³/mol. The summed E-state index contributed by atoms with van der Waals surface area (Å²) < 4.78 is 32.2. The molecule has 2 aliphatic heterocycles. The number of morpholine rings is 1. The lowest BCUT2D eigenvalue weighted by molar-refractivity contribution is -0.143. The molecule has 0 unspecified atom stereocenters. The number of piperidine rings is 1. The number of carbonyl (C=O) groups excluding carboxylic acids is 2. The minimum atomic E-state index is -0.526. The van der Waals surface area contributed by atoms with E-state index in [0.717, 1.165) is 0 Å². The fourth-order valence-electron chi connectivity index (χ4n) is 3.77. The third-order valence-electron chi connectivity index (χ3n) is 5.44. The number of hydrogen-bond acceptors (Lipinski definition) is 3. The van der Waals surface area contributed by atoms with Crippen LogP contribution in [0.4, 0.5) is 14.5 Å². The van der Waals surface area contributed by atoms with E-state index in [4.69, 9.17) is 4.74 Å². The first-order valence-corrected chi connectivity index (χ1v) is 9.21. The second-order valence-electron chi connectivity index (χ2n) is 7.23. The molecular weight excluding hydrogens is 366 g/mol. The Balaban J connectivity index is 1.44. The molecular formula is C21H20F2N2O3. The quantitative estimate of drug-likeness (QED) is 0.797. The van der Waals surface area contributed by atoms with Crippen molar-refractivity contribution in [1.82, 2.24) is 4.90 Å². The zero-order chi connectivity index (χ0) is 19.7. The van der Waals surface area contributed by atoms with Gasteiger partial charge in [-0.15, -0.1) is 0 Å². The molecule has 5 nitrogen and oxygen atoms in total. The van der Waals surface area contributed by atoms with E-state index in [1.807, 2.05) is 0 Å². The summed E-state index contributed by atoms with van der Waals surface area (Å²) >= 11 is 0. The van der Waals surface area contributed by atoms with Gasteiger partial charge in [0.25, 0.3) is 11.8 Å². The predicted octanol–water partition coefficient (Wildman–Crippen LogP) is 3.00. The highest BCUT2D eigenvalue weighted by molar-refractivity contribution is 5.95. The topological polar surface area (TPSA) is 49.9 Å². The Morgan fingerprint density at radius 3 is 2.11 bits per heavy atom. The fraction of sp³-hybridized carbons (Fsp3) is 0.333. The lowest BCUT2D eigenvalue weighted by Gasteiger charge is -2.47. The average molecular weight is 386 g/mol. The molecule has 0 saturated carbocycles. The first-order chi connectivity index (χ1) is 13.5. The van der Waals surface area contributed by atoms with Crippen LogP contribution in [0.25, 0.3) is 0 Å². The van der Waals surface area contributed by atoms with E-state index in [1.165, 1.54) is 36.4 Å². The molecule has 7 heteroatoms. The van der Waals surface area contributed by atoms with Gasteiger partial charge in [0.05, 0.1) is 12.1 Å². The minimum absolute atomic E-state index is 0.0384. The van der Waals surface area contributed by atoms with E-state index in [9.17, 15) is 18.4 Å². The third-order valence-corrected chi connectivity index (χ3v) is 5.44. The molecule has 146 valence electrons. The first kappa shape index (κ1) is 18.6. The van der Waals surface area contributed by atoms with Gasteiger partial charge < -0.3 is 14.5 Å². The number of anilines is 1. The molecule has 2 heterocycles. The smallest absolute Gasteiger partial charge is 0.253 e. The number of halogens is 2. The summed E-state index contributed by atoms with van der Waals surface area (Å²) in [6.45, 7) is 1.31. The van der Waals surface area contributed by atoms with Crippen LogP contribution in [-0.2, 0) is 9.53 Å². The Bertz CT molecular complexity index is 876. The molecule has 0 radical (unpaired) electrons. The largest absolute Gasteiger partial charge is 0.363 e. The van der Waals surface area contributed by atoms with Crippen molar-refractivity contribution in [3.8, 4) is 0 Å². The molecule has 0 bridgehead atoms. The van der Waals surface area contributed by atoms with E-state index < -0.39 is 5.60 Å². The number of amides is 2. The summed E-state index contributed by atoms with van der Waals surface area (Å²) in [6, 6.07) is 11.3. The second kappa shape index (κ2) is 7.31. The molecule has 2 aromatic rings. The number of ether oxygens (including phenoxy) is 1. The van der Waals surface area contributed by atoms with Crippen LogP contribution in [0.1, 0.15) is 23.2 Å². The van der Waals surface area contributed by atoms with Gasteiger partial charge in [-0.3, -0.25) is 9.59 Å². The van der Waals surface area contributed by atoms with Crippen LogP contribution in [0.3, 0.4) is 0 Å². The Labute approximate surface area is 161 Å². The zero-order valence-electron chi connectivity index (χ0n) is 15.2. The average Bonchev–Trinajstić information content (AvgIpc) is 2.71. The van der Waals surface area contributed by atoms with Gasteiger partial charge in [0, 0.05) is 24.3 Å². The number of carbonyl (C=O) groups is 2. The molecule has 0 aromatic heterocycles. The molecule has 4 rings (SSSR count). The summed E-state index contributed by atoms with van der Waals surface area (Å²) in [5, 5.41) is 0. The second-order valence-corrected chi connectivity index (χ2v) is 7.23. The lowest BCUT2D eigenvalue weighted by atomic mass is 9.88. The Hall–Kier alpha value is -2.80. The fourth-order valence-corrected chi connectivity index (χ4v) is 3.77. The number of nitrogens with zero attached hydrogens (tertiary/aromatic N) is 2. The number of hydrogen-bond donors (Lipinski definition) is 0. The molecule has 2 fully saturated rings. The van der Waals surface area contributed by atoms with Crippen molar-refractivity contribution in [2.45, 2.75) is 18.4 Å². The van der Waals surface area contributed by atoms with Crippen molar-refractivity contribution in [2.75, 3.05) is 31.1 Å². The Kier molecular flexibility index (Phi) is 4.85. The standard InChI is InChI=1S/C21H20F2N2O3/c22-16-3-1-15(2-4-16)20(27)24-11-9-21(10-12-24)14-25(19(26)13-28-21)18-7-5-17(23)6-8-18/h1-8H,9-14H2. The molecule has 2 amide bonds. The van der Waals surface area contributed by atoms with Gasteiger partial charge in [-0.2, -0.15) is 0 Å². The number of rotatable bonds is 2. The van der Waals surface area contributed by atoms with E-state index in [-0.39, 0.29) is 30.1 Å². The Morgan fingerprint density at radius 1 is 0.929 bits per heavy atom. The van der Waals surface area contributed by atoms with Crippen molar-refractivity contribution in [3.05, 3.63) is 65.7 Å². The molecule has 28 heavy (non-hydrogen) atoms. The number of benzene rings is 2. The van der Waals surface area contributed by atoms with Crippen LogP contribution in [0.5, 0.6) is 0 Å². The maximum atomic E-state index is 13.2. The van der Waals surface area contributed by atoms with Crippen molar-refractivity contribution < 1.29 is 23.1 Å². The van der Waals surface area contributed by atoms with Crippen LogP contribution >= 0.6 is 0 Å². The van der Waals surface area contributed by atoms with Crippen molar-refractivity contribution in [2.24, 2.45) is 0 Å². The number of likely N-dealkylation sites (tertiary alicyclic amines) is 1. The molecule has 0 aliphatic carbocycles. The third kappa shape index (κ3) is 3.62. The Morgan fingerprint density at radius 2 is 1.50 bits per heavy atom. The molecule has 0 N–H and O–H groups in total. The van der Waals surface area contributed by atoms with Gasteiger partial charge in [0.15, 0.2) is 0 Å². The van der Waals surface area contributed by atoms with Crippen LogP contribution in [-0.4, -0.2) is 48.6 Å². The highest BCUT2D eigenvalue weighted by atomic mass is 19.1.